The highest BCUT2D eigenvalue weighted by Crippen LogP contribution is 2.24. The quantitative estimate of drug-likeness (QED) is 0.914. The van der Waals surface area contributed by atoms with Crippen molar-refractivity contribution in [2.45, 2.75) is 40.2 Å². The van der Waals surface area contributed by atoms with Crippen molar-refractivity contribution in [3.05, 3.63) is 35.2 Å². The van der Waals surface area contributed by atoms with Gasteiger partial charge in [-0.05, 0) is 49.4 Å². The summed E-state index contributed by atoms with van der Waals surface area (Å²) in [6.07, 6.45) is 0.842. The van der Waals surface area contributed by atoms with Gasteiger partial charge in [0.05, 0.1) is 6.04 Å². The summed E-state index contributed by atoms with van der Waals surface area (Å²) >= 11 is 0. The zero-order valence-electron chi connectivity index (χ0n) is 12.0. The Bertz CT molecular complexity index is 560. The van der Waals surface area contributed by atoms with Gasteiger partial charge in [-0.2, -0.15) is 0 Å². The molecule has 0 radical (unpaired) electrons. The topological polar surface area (TPSA) is 64.9 Å². The molecule has 0 aliphatic heterocycles. The van der Waals surface area contributed by atoms with Crippen LogP contribution in [0, 0.1) is 19.8 Å². The van der Waals surface area contributed by atoms with Crippen LogP contribution in [-0.4, -0.2) is 10.2 Å². The van der Waals surface area contributed by atoms with E-state index in [1.807, 2.05) is 6.07 Å². The first-order valence-electron chi connectivity index (χ1n) is 6.64. The van der Waals surface area contributed by atoms with Crippen LogP contribution in [0.4, 0.5) is 0 Å². The zero-order valence-corrected chi connectivity index (χ0v) is 12.0. The Balaban J connectivity index is 2.22. The van der Waals surface area contributed by atoms with Crippen LogP contribution in [0.1, 0.15) is 43.3 Å². The monoisotopic (exact) mass is 259 g/mol. The molecule has 1 aromatic heterocycles. The minimum Gasteiger partial charge on any atom is -0.419 e. The van der Waals surface area contributed by atoms with Crippen molar-refractivity contribution in [3.63, 3.8) is 0 Å². The molecule has 4 nitrogen and oxygen atoms in total. The van der Waals surface area contributed by atoms with E-state index in [0.29, 0.717) is 17.7 Å². The maximum Gasteiger partial charge on any atom is 0.247 e. The molecule has 2 rings (SSSR count). The number of rotatable bonds is 4. The molecule has 2 aromatic rings. The van der Waals surface area contributed by atoms with E-state index < -0.39 is 0 Å². The summed E-state index contributed by atoms with van der Waals surface area (Å²) in [5.41, 5.74) is 9.45. The first-order valence-corrected chi connectivity index (χ1v) is 6.64. The average Bonchev–Trinajstić information content (AvgIpc) is 2.81. The lowest BCUT2D eigenvalue weighted by atomic mass is 10.0. The van der Waals surface area contributed by atoms with Gasteiger partial charge < -0.3 is 10.2 Å². The minimum atomic E-state index is -0.187. The molecule has 0 saturated heterocycles. The van der Waals surface area contributed by atoms with Gasteiger partial charge in [0, 0.05) is 5.56 Å². The van der Waals surface area contributed by atoms with E-state index in [4.69, 9.17) is 10.2 Å². The molecule has 0 saturated carbocycles. The first-order chi connectivity index (χ1) is 8.97. The molecule has 19 heavy (non-hydrogen) atoms. The summed E-state index contributed by atoms with van der Waals surface area (Å²) in [4.78, 5) is 0. The van der Waals surface area contributed by atoms with Crippen molar-refractivity contribution in [3.8, 4) is 11.5 Å². The molecule has 1 heterocycles. The average molecular weight is 259 g/mol. The van der Waals surface area contributed by atoms with E-state index >= 15 is 0 Å². The van der Waals surface area contributed by atoms with Crippen molar-refractivity contribution >= 4 is 0 Å². The molecule has 0 amide bonds. The molecule has 4 heteroatoms. The van der Waals surface area contributed by atoms with Gasteiger partial charge in [-0.15, -0.1) is 10.2 Å². The molecule has 0 aliphatic rings. The van der Waals surface area contributed by atoms with Gasteiger partial charge in [0.15, 0.2) is 0 Å². The van der Waals surface area contributed by atoms with E-state index in [-0.39, 0.29) is 6.04 Å². The van der Waals surface area contributed by atoms with Crippen LogP contribution in [-0.2, 0) is 0 Å². The highest BCUT2D eigenvalue weighted by molar-refractivity contribution is 5.55. The summed E-state index contributed by atoms with van der Waals surface area (Å²) in [5.74, 6) is 1.56. The largest absolute Gasteiger partial charge is 0.419 e. The Morgan fingerprint density at radius 3 is 2.53 bits per heavy atom. The van der Waals surface area contributed by atoms with Gasteiger partial charge in [-0.25, -0.2) is 0 Å². The summed E-state index contributed by atoms with van der Waals surface area (Å²) in [7, 11) is 0. The third-order valence-corrected chi connectivity index (χ3v) is 3.24. The fourth-order valence-corrected chi connectivity index (χ4v) is 1.98. The number of aromatic nitrogens is 2. The van der Waals surface area contributed by atoms with Crippen LogP contribution in [0.2, 0.25) is 0 Å². The Morgan fingerprint density at radius 1 is 1.16 bits per heavy atom. The van der Waals surface area contributed by atoms with Gasteiger partial charge in [-0.1, -0.05) is 19.9 Å². The number of benzene rings is 1. The highest BCUT2D eigenvalue weighted by atomic mass is 16.4. The van der Waals surface area contributed by atoms with E-state index in [1.54, 1.807) is 0 Å². The lowest BCUT2D eigenvalue weighted by molar-refractivity contribution is 0.408. The number of hydrogen-bond donors (Lipinski definition) is 1. The molecule has 1 atom stereocenters. The van der Waals surface area contributed by atoms with E-state index in [0.717, 1.165) is 12.0 Å². The second-order valence-electron chi connectivity index (χ2n) is 5.48. The van der Waals surface area contributed by atoms with E-state index in [1.165, 1.54) is 11.1 Å². The fraction of sp³-hybridized carbons (Fsp3) is 0.467. The molecule has 102 valence electrons. The second-order valence-corrected chi connectivity index (χ2v) is 5.48. The SMILES string of the molecule is Cc1ccc(-c2nnc(C(N)CC(C)C)o2)cc1C. The third kappa shape index (κ3) is 3.20. The predicted octanol–water partition coefficient (Wildman–Crippen LogP) is 3.40. The molecule has 1 aromatic carbocycles. The maximum atomic E-state index is 6.05. The number of nitrogens with zero attached hydrogens (tertiary/aromatic N) is 2. The second kappa shape index (κ2) is 5.53. The van der Waals surface area contributed by atoms with E-state index in [2.05, 4.69) is 50.0 Å². The van der Waals surface area contributed by atoms with Crippen molar-refractivity contribution in [1.29, 1.82) is 0 Å². The Hall–Kier alpha value is -1.68. The lowest BCUT2D eigenvalue weighted by Gasteiger charge is -2.08. The van der Waals surface area contributed by atoms with Crippen molar-refractivity contribution in [2.24, 2.45) is 11.7 Å². The van der Waals surface area contributed by atoms with Crippen molar-refractivity contribution in [1.82, 2.24) is 10.2 Å². The van der Waals surface area contributed by atoms with E-state index in [9.17, 15) is 0 Å². The van der Waals surface area contributed by atoms with Crippen molar-refractivity contribution in [2.75, 3.05) is 0 Å². The Kier molecular flexibility index (Phi) is 4.00. The summed E-state index contributed by atoms with van der Waals surface area (Å²) in [6, 6.07) is 5.92. The Labute approximate surface area is 114 Å². The molecule has 0 fully saturated rings. The molecule has 0 spiro atoms. The fourth-order valence-electron chi connectivity index (χ4n) is 1.98. The maximum absolute atomic E-state index is 6.05. The Morgan fingerprint density at radius 2 is 1.89 bits per heavy atom. The van der Waals surface area contributed by atoms with Gasteiger partial charge in [-0.3, -0.25) is 0 Å². The first kappa shape index (κ1) is 13.7. The van der Waals surface area contributed by atoms with Crippen LogP contribution >= 0.6 is 0 Å². The molecular formula is C15H21N3O. The molecule has 0 bridgehead atoms. The summed E-state index contributed by atoms with van der Waals surface area (Å²) in [6.45, 7) is 8.40. The normalized spacial score (nSPS) is 12.9. The van der Waals surface area contributed by atoms with Gasteiger partial charge in [0.1, 0.15) is 0 Å². The van der Waals surface area contributed by atoms with Gasteiger partial charge in [0.25, 0.3) is 0 Å². The zero-order chi connectivity index (χ0) is 14.0. The van der Waals surface area contributed by atoms with Crippen LogP contribution in [0.25, 0.3) is 11.5 Å². The predicted molar refractivity (Wildman–Crippen MR) is 75.6 cm³/mol. The minimum absolute atomic E-state index is 0.187. The molecule has 2 N–H and O–H groups in total. The summed E-state index contributed by atoms with van der Waals surface area (Å²) < 4.78 is 5.68. The molecular weight excluding hydrogens is 238 g/mol. The van der Waals surface area contributed by atoms with Gasteiger partial charge >= 0.3 is 0 Å². The van der Waals surface area contributed by atoms with Crippen LogP contribution in [0.15, 0.2) is 22.6 Å². The number of hydrogen-bond acceptors (Lipinski definition) is 4. The third-order valence-electron chi connectivity index (χ3n) is 3.24. The van der Waals surface area contributed by atoms with Crippen LogP contribution in [0.5, 0.6) is 0 Å². The van der Waals surface area contributed by atoms with Gasteiger partial charge in [0.2, 0.25) is 11.8 Å². The number of aryl methyl sites for hydroxylation is 2. The highest BCUT2D eigenvalue weighted by Gasteiger charge is 2.16. The van der Waals surface area contributed by atoms with Crippen molar-refractivity contribution < 1.29 is 4.42 Å². The number of nitrogens with two attached hydrogens (primary N) is 1. The standard InChI is InChI=1S/C15H21N3O/c1-9(2)7-13(16)15-18-17-14(19-15)12-6-5-10(3)11(4)8-12/h5-6,8-9,13H,7,16H2,1-4H3. The summed E-state index contributed by atoms with van der Waals surface area (Å²) in [5, 5.41) is 8.14. The van der Waals surface area contributed by atoms with Crippen LogP contribution < -0.4 is 5.73 Å². The molecule has 0 aliphatic carbocycles. The smallest absolute Gasteiger partial charge is 0.247 e. The van der Waals surface area contributed by atoms with Crippen LogP contribution in [0.3, 0.4) is 0 Å². The molecule has 1 unspecified atom stereocenters. The lowest BCUT2D eigenvalue weighted by Crippen LogP contribution is -2.13.